The average Bonchev–Trinajstić information content (AvgIpc) is 2.72. The number of aliphatic hydroxyl groups excluding tert-OH is 1. The topological polar surface area (TPSA) is 65.5 Å². The van der Waals surface area contributed by atoms with Crippen molar-refractivity contribution in [2.45, 2.75) is 38.6 Å². The molecule has 1 unspecified atom stereocenters. The molecule has 110 valence electrons. The highest BCUT2D eigenvalue weighted by atomic mass is 16.3. The normalized spacial score (nSPS) is 19.5. The summed E-state index contributed by atoms with van der Waals surface area (Å²) in [6.45, 7) is 3.50. The molecule has 0 spiro atoms. The van der Waals surface area contributed by atoms with Crippen molar-refractivity contribution in [3.05, 3.63) is 24.0 Å². The maximum absolute atomic E-state index is 12.8. The largest absolute Gasteiger partial charge is 0.394 e. The zero-order valence-corrected chi connectivity index (χ0v) is 12.0. The molecule has 5 heteroatoms. The molecule has 2 heterocycles. The Morgan fingerprint density at radius 1 is 1.50 bits per heavy atom. The van der Waals surface area contributed by atoms with Crippen LogP contribution in [0.15, 0.2) is 18.5 Å². The molecule has 0 aliphatic carbocycles. The van der Waals surface area contributed by atoms with Gasteiger partial charge in [0.25, 0.3) is 5.91 Å². The van der Waals surface area contributed by atoms with Crippen molar-refractivity contribution >= 4 is 11.6 Å². The van der Waals surface area contributed by atoms with Crippen LogP contribution in [0.2, 0.25) is 0 Å². The number of hydrogen-bond acceptors (Lipinski definition) is 4. The van der Waals surface area contributed by atoms with Crippen molar-refractivity contribution in [2.75, 3.05) is 25.0 Å². The third-order valence-electron chi connectivity index (χ3n) is 3.77. The van der Waals surface area contributed by atoms with E-state index in [2.05, 4.69) is 10.3 Å². The maximum Gasteiger partial charge on any atom is 0.257 e. The summed E-state index contributed by atoms with van der Waals surface area (Å²) in [4.78, 5) is 18.6. The molecule has 1 aliphatic rings. The molecule has 0 saturated carbocycles. The van der Waals surface area contributed by atoms with Crippen molar-refractivity contribution in [1.29, 1.82) is 0 Å². The molecule has 1 aromatic rings. The average molecular weight is 277 g/mol. The second-order valence-electron chi connectivity index (χ2n) is 5.14. The van der Waals surface area contributed by atoms with Crippen LogP contribution in [0.4, 0.5) is 5.69 Å². The molecule has 1 amide bonds. The number of hydrogen-bond donors (Lipinski definition) is 2. The molecule has 5 nitrogen and oxygen atoms in total. The van der Waals surface area contributed by atoms with Crippen LogP contribution in [0.1, 0.15) is 43.0 Å². The summed E-state index contributed by atoms with van der Waals surface area (Å²) in [7, 11) is 0. The number of aromatic nitrogens is 1. The lowest BCUT2D eigenvalue weighted by atomic mass is 10.1. The van der Waals surface area contributed by atoms with E-state index in [0.29, 0.717) is 12.1 Å². The lowest BCUT2D eigenvalue weighted by molar-refractivity contribution is 0.0600. The monoisotopic (exact) mass is 277 g/mol. The number of rotatable bonds is 4. The van der Waals surface area contributed by atoms with Crippen LogP contribution < -0.4 is 5.32 Å². The first kappa shape index (κ1) is 14.8. The molecule has 0 bridgehead atoms. The fourth-order valence-electron chi connectivity index (χ4n) is 2.70. The van der Waals surface area contributed by atoms with Gasteiger partial charge in [0.05, 0.1) is 23.9 Å². The predicted octanol–water partition coefficient (Wildman–Crippen LogP) is 1.89. The van der Waals surface area contributed by atoms with Crippen molar-refractivity contribution in [2.24, 2.45) is 0 Å². The van der Waals surface area contributed by atoms with Crippen molar-refractivity contribution in [3.8, 4) is 0 Å². The lowest BCUT2D eigenvalue weighted by Crippen LogP contribution is -2.42. The SMILES string of the molecule is CCNc1ccncc1C(=O)N1CCCCCC1CO. The van der Waals surface area contributed by atoms with Gasteiger partial charge in [0.2, 0.25) is 0 Å². The van der Waals surface area contributed by atoms with E-state index in [9.17, 15) is 9.90 Å². The third kappa shape index (κ3) is 3.28. The fraction of sp³-hybridized carbons (Fsp3) is 0.600. The van der Waals surface area contributed by atoms with Crippen molar-refractivity contribution in [1.82, 2.24) is 9.88 Å². The minimum Gasteiger partial charge on any atom is -0.394 e. The second kappa shape index (κ2) is 7.24. The first-order chi connectivity index (χ1) is 9.77. The van der Waals surface area contributed by atoms with E-state index < -0.39 is 0 Å². The lowest BCUT2D eigenvalue weighted by Gasteiger charge is -2.29. The Hall–Kier alpha value is -1.62. The van der Waals surface area contributed by atoms with Gasteiger partial charge in [-0.3, -0.25) is 9.78 Å². The summed E-state index contributed by atoms with van der Waals surface area (Å²) in [5.41, 5.74) is 1.41. The highest BCUT2D eigenvalue weighted by molar-refractivity contribution is 5.99. The van der Waals surface area contributed by atoms with Crippen LogP contribution in [0, 0.1) is 0 Å². The Morgan fingerprint density at radius 2 is 2.35 bits per heavy atom. The molecule has 2 N–H and O–H groups in total. The number of amides is 1. The van der Waals surface area contributed by atoms with Gasteiger partial charge in [0.15, 0.2) is 0 Å². The molecule has 1 aliphatic heterocycles. The van der Waals surface area contributed by atoms with E-state index in [1.807, 2.05) is 17.9 Å². The molecular formula is C15H23N3O2. The second-order valence-corrected chi connectivity index (χ2v) is 5.14. The summed E-state index contributed by atoms with van der Waals surface area (Å²) in [6.07, 6.45) is 7.36. The van der Waals surface area contributed by atoms with Crippen molar-refractivity contribution in [3.63, 3.8) is 0 Å². The summed E-state index contributed by atoms with van der Waals surface area (Å²) in [6, 6.07) is 1.75. The summed E-state index contributed by atoms with van der Waals surface area (Å²) in [5.74, 6) is -0.0324. The minimum atomic E-state index is -0.0697. The van der Waals surface area contributed by atoms with E-state index in [4.69, 9.17) is 0 Å². The van der Waals surface area contributed by atoms with E-state index in [0.717, 1.165) is 37.9 Å². The molecule has 2 rings (SSSR count). The summed E-state index contributed by atoms with van der Waals surface area (Å²) >= 11 is 0. The summed E-state index contributed by atoms with van der Waals surface area (Å²) in [5, 5.41) is 12.7. The molecule has 0 radical (unpaired) electrons. The Morgan fingerprint density at radius 3 is 3.10 bits per heavy atom. The smallest absolute Gasteiger partial charge is 0.257 e. The molecule has 20 heavy (non-hydrogen) atoms. The van der Waals surface area contributed by atoms with Gasteiger partial charge in [-0.15, -0.1) is 0 Å². The van der Waals surface area contributed by atoms with Gasteiger partial charge in [0.1, 0.15) is 0 Å². The van der Waals surface area contributed by atoms with E-state index >= 15 is 0 Å². The Balaban J connectivity index is 2.24. The zero-order chi connectivity index (χ0) is 14.4. The number of carbonyl (C=O) groups is 1. The Labute approximate surface area is 120 Å². The fourth-order valence-corrected chi connectivity index (χ4v) is 2.70. The molecule has 0 aromatic carbocycles. The zero-order valence-electron chi connectivity index (χ0n) is 12.0. The van der Waals surface area contributed by atoms with Crippen LogP contribution in [0.5, 0.6) is 0 Å². The minimum absolute atomic E-state index is 0.0303. The van der Waals surface area contributed by atoms with Crippen LogP contribution in [-0.4, -0.2) is 46.6 Å². The summed E-state index contributed by atoms with van der Waals surface area (Å²) < 4.78 is 0. The van der Waals surface area contributed by atoms with Crippen LogP contribution in [0.25, 0.3) is 0 Å². The third-order valence-corrected chi connectivity index (χ3v) is 3.77. The Kier molecular flexibility index (Phi) is 5.35. The van der Waals surface area contributed by atoms with Gasteiger partial charge in [-0.2, -0.15) is 0 Å². The number of pyridine rings is 1. The maximum atomic E-state index is 12.8. The molecule has 1 aromatic heterocycles. The van der Waals surface area contributed by atoms with E-state index in [1.165, 1.54) is 0 Å². The number of nitrogens with zero attached hydrogens (tertiary/aromatic N) is 2. The first-order valence-corrected chi connectivity index (χ1v) is 7.37. The van der Waals surface area contributed by atoms with Gasteiger partial charge in [-0.05, 0) is 25.8 Å². The van der Waals surface area contributed by atoms with E-state index in [-0.39, 0.29) is 18.6 Å². The number of aliphatic hydroxyl groups is 1. The number of likely N-dealkylation sites (tertiary alicyclic amines) is 1. The Bertz CT molecular complexity index is 450. The van der Waals surface area contributed by atoms with Gasteiger partial charge in [-0.25, -0.2) is 0 Å². The quantitative estimate of drug-likeness (QED) is 0.882. The highest BCUT2D eigenvalue weighted by Crippen LogP contribution is 2.22. The molecule has 1 saturated heterocycles. The highest BCUT2D eigenvalue weighted by Gasteiger charge is 2.27. The molecular weight excluding hydrogens is 254 g/mol. The molecule has 1 atom stereocenters. The van der Waals surface area contributed by atoms with Gasteiger partial charge in [0, 0.05) is 25.5 Å². The van der Waals surface area contributed by atoms with Crippen LogP contribution >= 0.6 is 0 Å². The first-order valence-electron chi connectivity index (χ1n) is 7.37. The molecule has 1 fully saturated rings. The number of carbonyl (C=O) groups excluding carboxylic acids is 1. The number of anilines is 1. The predicted molar refractivity (Wildman–Crippen MR) is 78.8 cm³/mol. The standard InChI is InChI=1S/C15H23N3O2/c1-2-17-14-7-8-16-10-13(14)15(20)18-9-5-3-4-6-12(18)11-19/h7-8,10,12,19H,2-6,9,11H2,1H3,(H,16,17). The van der Waals surface area contributed by atoms with Crippen LogP contribution in [0.3, 0.4) is 0 Å². The van der Waals surface area contributed by atoms with Gasteiger partial charge < -0.3 is 15.3 Å². The van der Waals surface area contributed by atoms with Gasteiger partial charge >= 0.3 is 0 Å². The number of nitrogens with one attached hydrogen (secondary N) is 1. The van der Waals surface area contributed by atoms with Crippen LogP contribution in [-0.2, 0) is 0 Å². The van der Waals surface area contributed by atoms with Gasteiger partial charge in [-0.1, -0.05) is 12.8 Å². The van der Waals surface area contributed by atoms with Crippen molar-refractivity contribution < 1.29 is 9.90 Å². The van der Waals surface area contributed by atoms with E-state index in [1.54, 1.807) is 12.4 Å².